The van der Waals surface area contributed by atoms with Gasteiger partial charge in [0.1, 0.15) is 5.02 Å². The highest BCUT2D eigenvalue weighted by Crippen LogP contribution is 2.46. The van der Waals surface area contributed by atoms with Gasteiger partial charge in [-0.05, 0) is 6.42 Å². The highest BCUT2D eigenvalue weighted by atomic mass is 35.5. The van der Waals surface area contributed by atoms with Crippen molar-refractivity contribution in [2.24, 2.45) is 0 Å². The van der Waals surface area contributed by atoms with Crippen LogP contribution in [0.4, 0.5) is 14.6 Å². The van der Waals surface area contributed by atoms with Gasteiger partial charge in [0.2, 0.25) is 5.92 Å². The lowest BCUT2D eigenvalue weighted by atomic mass is 10.1. The molecule has 0 aromatic carbocycles. The standard InChI is InChI=1S/C8H9ClF2N2O/c9-5-6(14-13-7(5)12)4-1-2-8(10,11)3-4/h4H,1-3H2,(H2,12,13). The molecule has 2 rings (SSSR count). The Kier molecular flexibility index (Phi) is 2.14. The van der Waals surface area contributed by atoms with E-state index in [2.05, 4.69) is 5.16 Å². The molecule has 0 bridgehead atoms. The molecule has 1 aromatic rings. The van der Waals surface area contributed by atoms with Gasteiger partial charge in [-0.3, -0.25) is 0 Å². The average molecular weight is 223 g/mol. The van der Waals surface area contributed by atoms with Crippen molar-refractivity contribution in [3.63, 3.8) is 0 Å². The van der Waals surface area contributed by atoms with Gasteiger partial charge in [0.15, 0.2) is 11.6 Å². The van der Waals surface area contributed by atoms with Crippen molar-refractivity contribution in [3.8, 4) is 0 Å². The summed E-state index contributed by atoms with van der Waals surface area (Å²) in [6.07, 6.45) is -0.00267. The van der Waals surface area contributed by atoms with Crippen LogP contribution in [0.15, 0.2) is 4.52 Å². The Morgan fingerprint density at radius 3 is 2.71 bits per heavy atom. The summed E-state index contributed by atoms with van der Waals surface area (Å²) in [6, 6.07) is 0. The third kappa shape index (κ3) is 1.56. The first-order chi connectivity index (χ1) is 6.49. The highest BCUT2D eigenvalue weighted by molar-refractivity contribution is 6.33. The minimum absolute atomic E-state index is 0.0666. The van der Waals surface area contributed by atoms with Crippen LogP contribution in [0.1, 0.15) is 30.9 Å². The number of halogens is 3. The van der Waals surface area contributed by atoms with Gasteiger partial charge in [0.05, 0.1) is 0 Å². The third-order valence-corrected chi connectivity index (χ3v) is 2.84. The van der Waals surface area contributed by atoms with Crippen LogP contribution < -0.4 is 5.73 Å². The Morgan fingerprint density at radius 2 is 2.29 bits per heavy atom. The molecular formula is C8H9ClF2N2O. The van der Waals surface area contributed by atoms with Crippen LogP contribution in [0.5, 0.6) is 0 Å². The van der Waals surface area contributed by atoms with E-state index in [1.807, 2.05) is 0 Å². The first-order valence-corrected chi connectivity index (χ1v) is 4.66. The van der Waals surface area contributed by atoms with Crippen LogP contribution in [-0.2, 0) is 0 Å². The fourth-order valence-electron chi connectivity index (χ4n) is 1.73. The van der Waals surface area contributed by atoms with E-state index in [0.717, 1.165) is 0 Å². The van der Waals surface area contributed by atoms with Gasteiger partial charge in [0, 0.05) is 18.8 Å². The maximum Gasteiger partial charge on any atom is 0.248 e. The van der Waals surface area contributed by atoms with Crippen molar-refractivity contribution in [1.29, 1.82) is 0 Å². The second kappa shape index (κ2) is 3.08. The van der Waals surface area contributed by atoms with Crippen LogP contribution in [0.2, 0.25) is 5.02 Å². The summed E-state index contributed by atoms with van der Waals surface area (Å²) in [5, 5.41) is 3.61. The molecule has 0 radical (unpaired) electrons. The molecule has 78 valence electrons. The van der Waals surface area contributed by atoms with E-state index in [1.165, 1.54) is 0 Å². The maximum absolute atomic E-state index is 12.9. The van der Waals surface area contributed by atoms with Gasteiger partial charge >= 0.3 is 0 Å². The highest BCUT2D eigenvalue weighted by Gasteiger charge is 2.42. The third-order valence-electron chi connectivity index (χ3n) is 2.46. The molecule has 1 fully saturated rings. The quantitative estimate of drug-likeness (QED) is 0.795. The SMILES string of the molecule is Nc1noc(C2CCC(F)(F)C2)c1Cl. The van der Waals surface area contributed by atoms with Gasteiger partial charge in [0.25, 0.3) is 0 Å². The van der Waals surface area contributed by atoms with E-state index >= 15 is 0 Å². The zero-order chi connectivity index (χ0) is 10.3. The van der Waals surface area contributed by atoms with Crippen molar-refractivity contribution in [2.45, 2.75) is 31.1 Å². The molecule has 1 unspecified atom stereocenters. The summed E-state index contributed by atoms with van der Waals surface area (Å²) in [5.41, 5.74) is 5.35. The molecule has 1 saturated carbocycles. The molecular weight excluding hydrogens is 214 g/mol. The lowest BCUT2D eigenvalue weighted by molar-refractivity contribution is 0.00706. The van der Waals surface area contributed by atoms with Crippen molar-refractivity contribution >= 4 is 17.4 Å². The van der Waals surface area contributed by atoms with Gasteiger partial charge in [-0.1, -0.05) is 16.8 Å². The van der Waals surface area contributed by atoms with E-state index < -0.39 is 5.92 Å². The van der Waals surface area contributed by atoms with Gasteiger partial charge in [-0.2, -0.15) is 0 Å². The summed E-state index contributed by atoms with van der Waals surface area (Å²) in [7, 11) is 0. The predicted molar refractivity (Wildman–Crippen MR) is 47.5 cm³/mol. The molecule has 1 aliphatic carbocycles. The Labute approximate surface area is 84.2 Å². The molecule has 1 atom stereocenters. The fraction of sp³-hybridized carbons (Fsp3) is 0.625. The molecule has 1 heterocycles. The molecule has 0 aliphatic heterocycles. The normalized spacial score (nSPS) is 25.5. The first-order valence-electron chi connectivity index (χ1n) is 4.28. The van der Waals surface area contributed by atoms with E-state index in [9.17, 15) is 8.78 Å². The predicted octanol–water partition coefficient (Wildman–Crippen LogP) is 2.81. The van der Waals surface area contributed by atoms with E-state index in [1.54, 1.807) is 0 Å². The molecule has 6 heteroatoms. The minimum Gasteiger partial charge on any atom is -0.380 e. The minimum atomic E-state index is -2.62. The number of nitrogens with two attached hydrogens (primary N) is 1. The smallest absolute Gasteiger partial charge is 0.248 e. The van der Waals surface area contributed by atoms with Crippen LogP contribution in [0.25, 0.3) is 0 Å². The van der Waals surface area contributed by atoms with Crippen molar-refractivity contribution in [3.05, 3.63) is 10.8 Å². The van der Waals surface area contributed by atoms with Crippen LogP contribution in [-0.4, -0.2) is 11.1 Å². The summed E-state index contributed by atoms with van der Waals surface area (Å²) >= 11 is 5.76. The zero-order valence-electron chi connectivity index (χ0n) is 7.27. The number of nitrogen functional groups attached to an aromatic ring is 1. The summed E-state index contributed by atoms with van der Waals surface area (Å²) < 4.78 is 30.6. The summed E-state index contributed by atoms with van der Waals surface area (Å²) in [4.78, 5) is 0. The Bertz CT molecular complexity index is 353. The van der Waals surface area contributed by atoms with Gasteiger partial charge < -0.3 is 10.3 Å². The summed E-state index contributed by atoms with van der Waals surface area (Å²) in [5.74, 6) is -2.62. The van der Waals surface area contributed by atoms with E-state index in [0.29, 0.717) is 12.2 Å². The molecule has 0 spiro atoms. The van der Waals surface area contributed by atoms with E-state index in [4.69, 9.17) is 21.9 Å². The van der Waals surface area contributed by atoms with Gasteiger partial charge in [-0.15, -0.1) is 0 Å². The van der Waals surface area contributed by atoms with Crippen molar-refractivity contribution < 1.29 is 13.3 Å². The monoisotopic (exact) mass is 222 g/mol. The lowest BCUT2D eigenvalue weighted by Gasteiger charge is -2.07. The zero-order valence-corrected chi connectivity index (χ0v) is 8.02. The van der Waals surface area contributed by atoms with Crippen molar-refractivity contribution in [1.82, 2.24) is 5.16 Å². The fourth-order valence-corrected chi connectivity index (χ4v) is 1.96. The molecule has 3 nitrogen and oxygen atoms in total. The molecule has 0 amide bonds. The topological polar surface area (TPSA) is 52.0 Å². The first kappa shape index (κ1) is 9.71. The van der Waals surface area contributed by atoms with Crippen LogP contribution >= 0.6 is 11.6 Å². The molecule has 1 aliphatic rings. The second-order valence-electron chi connectivity index (χ2n) is 3.54. The number of rotatable bonds is 1. The molecule has 0 saturated heterocycles. The Balaban J connectivity index is 2.22. The van der Waals surface area contributed by atoms with Crippen LogP contribution in [0, 0.1) is 0 Å². The number of alkyl halides is 2. The maximum atomic E-state index is 12.9. The average Bonchev–Trinajstić information content (AvgIpc) is 2.59. The summed E-state index contributed by atoms with van der Waals surface area (Å²) in [6.45, 7) is 0. The number of anilines is 1. The number of nitrogens with zero attached hydrogens (tertiary/aromatic N) is 1. The number of hydrogen-bond donors (Lipinski definition) is 1. The van der Waals surface area contributed by atoms with Gasteiger partial charge in [-0.25, -0.2) is 8.78 Å². The molecule has 2 N–H and O–H groups in total. The van der Waals surface area contributed by atoms with Crippen LogP contribution in [0.3, 0.4) is 0 Å². The number of hydrogen-bond acceptors (Lipinski definition) is 3. The van der Waals surface area contributed by atoms with E-state index in [-0.39, 0.29) is 29.6 Å². The largest absolute Gasteiger partial charge is 0.380 e. The molecule has 1 aromatic heterocycles. The lowest BCUT2D eigenvalue weighted by Crippen LogP contribution is -2.09. The molecule has 14 heavy (non-hydrogen) atoms. The second-order valence-corrected chi connectivity index (χ2v) is 3.92. The van der Waals surface area contributed by atoms with Crippen molar-refractivity contribution in [2.75, 3.05) is 5.73 Å². The Morgan fingerprint density at radius 1 is 1.57 bits per heavy atom. The Hall–Kier alpha value is -0.840. The number of aromatic nitrogens is 1.